The molecule has 224 valence electrons. The van der Waals surface area contributed by atoms with Crippen LogP contribution in [0.25, 0.3) is 22.5 Å². The molecule has 0 radical (unpaired) electrons. The number of aliphatic imine (C=N–C) groups is 1. The molecule has 0 saturated heterocycles. The predicted octanol–water partition coefficient (Wildman–Crippen LogP) is -1.11. The number of aryl methyl sites for hydroxylation is 1. The molecule has 14 heteroatoms. The fourth-order valence-electron chi connectivity index (χ4n) is 5.09. The number of carbonyl (C=O) groups excluding carboxylic acids is 1. The van der Waals surface area contributed by atoms with E-state index in [0.29, 0.717) is 29.7 Å². The van der Waals surface area contributed by atoms with Gasteiger partial charge in [0.2, 0.25) is 0 Å². The molecular weight excluding hydrogens is 676 g/mol. The van der Waals surface area contributed by atoms with Gasteiger partial charge in [0.1, 0.15) is 18.2 Å². The Morgan fingerprint density at radius 3 is 2.37 bits per heavy atom. The van der Waals surface area contributed by atoms with Crippen molar-refractivity contribution < 1.29 is 117 Å². The number of aromatic nitrogens is 6. The van der Waals surface area contributed by atoms with Crippen molar-refractivity contribution >= 4 is 34.5 Å². The summed E-state index contributed by atoms with van der Waals surface area (Å²) in [4.78, 5) is 20.0. The number of imidazole rings is 1. The number of ether oxygens (including phenoxy) is 1. The summed E-state index contributed by atoms with van der Waals surface area (Å²) >= 11 is 7.65. The number of nitrogens with zero attached hydrogens (tertiary/aromatic N) is 7. The fourth-order valence-corrected chi connectivity index (χ4v) is 6.16. The summed E-state index contributed by atoms with van der Waals surface area (Å²) in [6.07, 6.45) is 3.30. The van der Waals surface area contributed by atoms with E-state index in [9.17, 15) is 9.90 Å². The molecular formula is C32H28ClK2N7O3S. The van der Waals surface area contributed by atoms with E-state index < -0.39 is 10.5 Å². The van der Waals surface area contributed by atoms with Crippen LogP contribution in [0.5, 0.6) is 5.75 Å². The Bertz CT molecular complexity index is 1780. The SMILES string of the molecule is CCCCc1nc(Cl)c(COc2ccc(CC3SC([O-])=NC3=O)cc2)n1Cc1ccc(-c2ccccc2-c2nnn[n-]2)cc1.[K+].[K+]. The van der Waals surface area contributed by atoms with E-state index in [1.807, 2.05) is 48.5 Å². The van der Waals surface area contributed by atoms with Crippen LogP contribution >= 0.6 is 23.4 Å². The number of hydrogen-bond acceptors (Lipinski definition) is 8. The average molecular weight is 704 g/mol. The van der Waals surface area contributed by atoms with E-state index in [-0.39, 0.29) is 115 Å². The van der Waals surface area contributed by atoms with Gasteiger partial charge >= 0.3 is 103 Å². The van der Waals surface area contributed by atoms with Crippen molar-refractivity contribution in [1.82, 2.24) is 30.2 Å². The number of benzene rings is 3. The van der Waals surface area contributed by atoms with Gasteiger partial charge in [0.05, 0.1) is 10.9 Å². The van der Waals surface area contributed by atoms with E-state index in [1.54, 1.807) is 0 Å². The number of amides is 1. The monoisotopic (exact) mass is 703 g/mol. The Morgan fingerprint density at radius 2 is 1.72 bits per heavy atom. The second-order valence-corrected chi connectivity index (χ2v) is 11.9. The maximum Gasteiger partial charge on any atom is 1.00 e. The third-order valence-electron chi connectivity index (χ3n) is 7.39. The van der Waals surface area contributed by atoms with Gasteiger partial charge in [-0.3, -0.25) is 15.1 Å². The van der Waals surface area contributed by atoms with E-state index in [2.05, 4.69) is 61.4 Å². The third-order valence-corrected chi connectivity index (χ3v) is 8.64. The van der Waals surface area contributed by atoms with E-state index in [0.717, 1.165) is 70.4 Å². The zero-order valence-corrected chi connectivity index (χ0v) is 33.7. The maximum absolute atomic E-state index is 11.9. The number of tetrazole rings is 1. The summed E-state index contributed by atoms with van der Waals surface area (Å²) in [5.41, 5.74) is 5.74. The fraction of sp³-hybridized carbons (Fsp3) is 0.250. The molecule has 5 aromatic rings. The molecule has 6 rings (SSSR count). The van der Waals surface area contributed by atoms with Crippen LogP contribution in [0, 0.1) is 0 Å². The van der Waals surface area contributed by atoms with Crippen LogP contribution in [0.1, 0.15) is 42.4 Å². The summed E-state index contributed by atoms with van der Waals surface area (Å²) in [7, 11) is 0. The molecule has 1 atom stereocenters. The van der Waals surface area contributed by atoms with Crippen LogP contribution < -0.4 is 118 Å². The third kappa shape index (κ3) is 9.27. The van der Waals surface area contributed by atoms with Crippen molar-refractivity contribution in [2.45, 2.75) is 51.0 Å². The van der Waals surface area contributed by atoms with Crippen LogP contribution in [0.3, 0.4) is 0 Å². The first kappa shape index (κ1) is 37.6. The summed E-state index contributed by atoms with van der Waals surface area (Å²) in [5.74, 6) is 1.71. The van der Waals surface area contributed by atoms with E-state index >= 15 is 0 Å². The van der Waals surface area contributed by atoms with Gasteiger partial charge in [-0.05, 0) is 52.8 Å². The molecule has 1 aliphatic rings. The van der Waals surface area contributed by atoms with Crippen LogP contribution in [0.4, 0.5) is 0 Å². The number of hydrogen-bond donors (Lipinski definition) is 0. The van der Waals surface area contributed by atoms with Gasteiger partial charge in [-0.15, -0.1) is 11.8 Å². The predicted molar refractivity (Wildman–Crippen MR) is 167 cm³/mol. The second kappa shape index (κ2) is 18.0. The van der Waals surface area contributed by atoms with Crippen molar-refractivity contribution in [2.24, 2.45) is 4.99 Å². The Labute approximate surface area is 361 Å². The topological polar surface area (TPSA) is 132 Å². The Balaban J connectivity index is 0.00000240. The summed E-state index contributed by atoms with van der Waals surface area (Å²) < 4.78 is 8.29. The van der Waals surface area contributed by atoms with Gasteiger partial charge in [-0.2, -0.15) is 5.21 Å². The smallest absolute Gasteiger partial charge is 0.854 e. The zero-order valence-electron chi connectivity index (χ0n) is 25.9. The maximum atomic E-state index is 11.9. The van der Waals surface area contributed by atoms with Crippen LogP contribution in [0.2, 0.25) is 5.15 Å². The largest absolute Gasteiger partial charge is 1.00 e. The number of rotatable bonds is 12. The first-order chi connectivity index (χ1) is 21.5. The molecule has 1 aliphatic heterocycles. The number of thioether (sulfide) groups is 1. The minimum absolute atomic E-state index is 0. The van der Waals surface area contributed by atoms with E-state index in [1.165, 1.54) is 0 Å². The first-order valence-electron chi connectivity index (χ1n) is 14.3. The van der Waals surface area contributed by atoms with Gasteiger partial charge < -0.3 is 19.5 Å². The molecule has 3 heterocycles. The minimum atomic E-state index is -0.461. The molecule has 1 amide bonds. The van der Waals surface area contributed by atoms with Crippen molar-refractivity contribution in [3.05, 3.63) is 101 Å². The van der Waals surface area contributed by atoms with Crippen LogP contribution in [-0.2, 0) is 30.8 Å². The van der Waals surface area contributed by atoms with Gasteiger partial charge in [0.15, 0.2) is 5.15 Å². The van der Waals surface area contributed by atoms with E-state index in [4.69, 9.17) is 21.3 Å². The Hall–Kier alpha value is -1.21. The number of halogens is 1. The molecule has 46 heavy (non-hydrogen) atoms. The summed E-state index contributed by atoms with van der Waals surface area (Å²) in [6, 6.07) is 23.8. The normalized spacial score (nSPS) is 14.0. The molecule has 2 aromatic heterocycles. The molecule has 3 aromatic carbocycles. The molecule has 0 aliphatic carbocycles. The second-order valence-electron chi connectivity index (χ2n) is 10.4. The zero-order chi connectivity index (χ0) is 30.5. The molecule has 0 saturated carbocycles. The number of carbonyl (C=O) groups is 1. The van der Waals surface area contributed by atoms with Gasteiger partial charge in [0.25, 0.3) is 5.91 Å². The number of unbranched alkanes of at least 4 members (excludes halogenated alkanes) is 1. The minimum Gasteiger partial charge on any atom is -0.854 e. The molecule has 0 spiro atoms. The van der Waals surface area contributed by atoms with Crippen molar-refractivity contribution in [3.63, 3.8) is 0 Å². The quantitative estimate of drug-likeness (QED) is 0.149. The van der Waals surface area contributed by atoms with Crippen LogP contribution in [-0.4, -0.2) is 41.5 Å². The summed E-state index contributed by atoms with van der Waals surface area (Å²) in [5, 5.41) is 26.3. The Morgan fingerprint density at radius 1 is 1.00 bits per heavy atom. The van der Waals surface area contributed by atoms with Gasteiger partial charge in [-0.25, -0.2) is 9.98 Å². The van der Waals surface area contributed by atoms with Crippen molar-refractivity contribution in [2.75, 3.05) is 0 Å². The summed E-state index contributed by atoms with van der Waals surface area (Å²) in [6.45, 7) is 2.99. The molecule has 0 bridgehead atoms. The average Bonchev–Trinajstić information content (AvgIpc) is 3.76. The molecule has 1 unspecified atom stereocenters. The van der Waals surface area contributed by atoms with Crippen molar-refractivity contribution in [3.8, 4) is 28.3 Å². The first-order valence-corrected chi connectivity index (χ1v) is 15.5. The Kier molecular flexibility index (Phi) is 14.7. The van der Waals surface area contributed by atoms with Crippen molar-refractivity contribution in [1.29, 1.82) is 0 Å². The van der Waals surface area contributed by atoms with Crippen LogP contribution in [0.15, 0.2) is 77.8 Å². The van der Waals surface area contributed by atoms with Gasteiger partial charge in [-0.1, -0.05) is 85.6 Å². The molecule has 0 fully saturated rings. The molecule has 0 N–H and O–H groups in total. The van der Waals surface area contributed by atoms with Gasteiger partial charge in [0, 0.05) is 24.0 Å². The molecule has 10 nitrogen and oxygen atoms in total. The standard InChI is InChI=1S/C32H30ClN7O3S.2K/c1-2-3-8-28-34-29(33)26(19-43-23-15-11-20(12-16-23)17-27-31(41)35-32(42)44-27)40(28)18-21-9-13-22(14-10-21)24-6-4-5-7-25(24)30-36-38-39-37-30;;/h4-7,9-16,27H,2-3,8,17-19H2,1H3,(H2,35,36,37,38,39,41,42);;/q;2*+1/p-2.